The van der Waals surface area contributed by atoms with E-state index in [0.717, 1.165) is 17.0 Å². The Hall–Kier alpha value is -2.66. The minimum atomic E-state index is -0.181. The zero-order chi connectivity index (χ0) is 17.1. The second kappa shape index (κ2) is 6.84. The van der Waals surface area contributed by atoms with Gasteiger partial charge in [-0.1, -0.05) is 23.8 Å². The molecular formula is C19H18N2O2S. The van der Waals surface area contributed by atoms with Crippen LogP contribution in [0, 0.1) is 13.8 Å². The van der Waals surface area contributed by atoms with Gasteiger partial charge in [0.05, 0.1) is 12.8 Å². The molecule has 24 heavy (non-hydrogen) atoms. The molecule has 122 valence electrons. The Labute approximate surface area is 145 Å². The summed E-state index contributed by atoms with van der Waals surface area (Å²) in [6.45, 7) is 4.13. The van der Waals surface area contributed by atoms with Gasteiger partial charge in [-0.15, -0.1) is 11.3 Å². The van der Waals surface area contributed by atoms with E-state index in [2.05, 4.69) is 42.3 Å². The zero-order valence-electron chi connectivity index (χ0n) is 13.8. The van der Waals surface area contributed by atoms with E-state index in [9.17, 15) is 4.79 Å². The number of ether oxygens (including phenoxy) is 1. The monoisotopic (exact) mass is 338 g/mol. The van der Waals surface area contributed by atoms with Crippen molar-refractivity contribution in [3.8, 4) is 17.0 Å². The van der Waals surface area contributed by atoms with E-state index in [1.54, 1.807) is 31.4 Å². The number of methoxy groups -OCH3 is 1. The summed E-state index contributed by atoms with van der Waals surface area (Å²) in [6, 6.07) is 13.2. The molecule has 4 nitrogen and oxygen atoms in total. The number of nitrogens with one attached hydrogen (secondary N) is 1. The van der Waals surface area contributed by atoms with Crippen molar-refractivity contribution in [3.05, 3.63) is 64.5 Å². The van der Waals surface area contributed by atoms with Crippen molar-refractivity contribution in [2.45, 2.75) is 13.8 Å². The third-order valence-electron chi connectivity index (χ3n) is 3.73. The number of thiazole rings is 1. The summed E-state index contributed by atoms with van der Waals surface area (Å²) in [4.78, 5) is 16.8. The van der Waals surface area contributed by atoms with Crippen LogP contribution in [-0.2, 0) is 0 Å². The van der Waals surface area contributed by atoms with Gasteiger partial charge < -0.3 is 4.74 Å². The molecule has 3 rings (SSSR count). The molecule has 0 aliphatic heterocycles. The number of hydrogen-bond acceptors (Lipinski definition) is 4. The van der Waals surface area contributed by atoms with Gasteiger partial charge in [0.25, 0.3) is 5.91 Å². The number of amides is 1. The maximum Gasteiger partial charge on any atom is 0.257 e. The molecule has 0 radical (unpaired) electrons. The molecule has 0 bridgehead atoms. The highest BCUT2D eigenvalue weighted by Gasteiger charge is 2.11. The molecule has 0 unspecified atom stereocenters. The summed E-state index contributed by atoms with van der Waals surface area (Å²) in [5, 5.41) is 5.39. The van der Waals surface area contributed by atoms with Crippen LogP contribution in [0.15, 0.2) is 47.8 Å². The van der Waals surface area contributed by atoms with Crippen molar-refractivity contribution in [2.75, 3.05) is 12.4 Å². The average Bonchev–Trinajstić information content (AvgIpc) is 3.03. The number of carbonyl (C=O) groups is 1. The lowest BCUT2D eigenvalue weighted by atomic mass is 10.0. The first-order valence-electron chi connectivity index (χ1n) is 7.55. The van der Waals surface area contributed by atoms with Crippen LogP contribution in [0.5, 0.6) is 5.75 Å². The van der Waals surface area contributed by atoms with Crippen molar-refractivity contribution in [1.29, 1.82) is 0 Å². The minimum Gasteiger partial charge on any atom is -0.497 e. The highest BCUT2D eigenvalue weighted by Crippen LogP contribution is 2.28. The molecule has 0 saturated carbocycles. The standard InChI is InChI=1S/C19H18N2O2S/c1-12-4-9-16(13(2)10-12)17-11-24-19(20-17)21-18(22)14-5-7-15(23-3)8-6-14/h4-11H,1-3H3,(H,20,21,22). The van der Waals surface area contributed by atoms with Crippen LogP contribution >= 0.6 is 11.3 Å². The Morgan fingerprint density at radius 1 is 1.12 bits per heavy atom. The van der Waals surface area contributed by atoms with Crippen LogP contribution in [0.2, 0.25) is 0 Å². The fourth-order valence-corrected chi connectivity index (χ4v) is 3.17. The maximum atomic E-state index is 12.3. The van der Waals surface area contributed by atoms with Crippen LogP contribution in [-0.4, -0.2) is 18.0 Å². The molecule has 3 aromatic rings. The van der Waals surface area contributed by atoms with Crippen molar-refractivity contribution in [1.82, 2.24) is 4.98 Å². The first-order valence-corrected chi connectivity index (χ1v) is 8.43. The first kappa shape index (κ1) is 16.2. The lowest BCUT2D eigenvalue weighted by Gasteiger charge is -2.04. The summed E-state index contributed by atoms with van der Waals surface area (Å²) >= 11 is 1.42. The van der Waals surface area contributed by atoms with Gasteiger partial charge in [0, 0.05) is 16.5 Å². The molecule has 0 fully saturated rings. The quantitative estimate of drug-likeness (QED) is 0.751. The van der Waals surface area contributed by atoms with Crippen molar-refractivity contribution in [2.24, 2.45) is 0 Å². The number of aryl methyl sites for hydroxylation is 2. The second-order valence-corrected chi connectivity index (χ2v) is 6.40. The van der Waals surface area contributed by atoms with Gasteiger partial charge >= 0.3 is 0 Å². The number of aromatic nitrogens is 1. The summed E-state index contributed by atoms with van der Waals surface area (Å²) in [7, 11) is 1.60. The molecule has 1 amide bonds. The molecular weight excluding hydrogens is 320 g/mol. The zero-order valence-corrected chi connectivity index (χ0v) is 14.6. The third kappa shape index (κ3) is 3.46. The molecule has 0 atom stereocenters. The van der Waals surface area contributed by atoms with Crippen LogP contribution in [0.3, 0.4) is 0 Å². The van der Waals surface area contributed by atoms with Gasteiger partial charge in [0.15, 0.2) is 5.13 Å². The van der Waals surface area contributed by atoms with Gasteiger partial charge in [-0.05, 0) is 43.7 Å². The van der Waals surface area contributed by atoms with Crippen molar-refractivity contribution >= 4 is 22.4 Å². The number of nitrogens with zero attached hydrogens (tertiary/aromatic N) is 1. The van der Waals surface area contributed by atoms with Gasteiger partial charge in [0.1, 0.15) is 5.75 Å². The van der Waals surface area contributed by atoms with Gasteiger partial charge in [-0.3, -0.25) is 10.1 Å². The summed E-state index contributed by atoms with van der Waals surface area (Å²) in [6.07, 6.45) is 0. The normalized spacial score (nSPS) is 10.5. The van der Waals surface area contributed by atoms with Gasteiger partial charge in [0.2, 0.25) is 0 Å². The Balaban J connectivity index is 1.76. The van der Waals surface area contributed by atoms with Crippen LogP contribution < -0.4 is 10.1 Å². The maximum absolute atomic E-state index is 12.3. The van der Waals surface area contributed by atoms with E-state index >= 15 is 0 Å². The average molecular weight is 338 g/mol. The Morgan fingerprint density at radius 3 is 2.54 bits per heavy atom. The van der Waals surface area contributed by atoms with Gasteiger partial charge in [-0.25, -0.2) is 4.98 Å². The molecule has 1 aromatic heterocycles. The summed E-state index contributed by atoms with van der Waals surface area (Å²) in [5.41, 5.74) is 4.93. The molecule has 2 aromatic carbocycles. The topological polar surface area (TPSA) is 51.2 Å². The molecule has 0 spiro atoms. The second-order valence-electron chi connectivity index (χ2n) is 5.54. The molecule has 1 heterocycles. The van der Waals surface area contributed by atoms with Crippen LogP contribution in [0.1, 0.15) is 21.5 Å². The third-order valence-corrected chi connectivity index (χ3v) is 4.49. The van der Waals surface area contributed by atoms with E-state index in [1.807, 2.05) is 5.38 Å². The highest BCUT2D eigenvalue weighted by molar-refractivity contribution is 7.14. The minimum absolute atomic E-state index is 0.181. The molecule has 0 saturated heterocycles. The van der Waals surface area contributed by atoms with Crippen LogP contribution in [0.25, 0.3) is 11.3 Å². The fourth-order valence-electron chi connectivity index (χ4n) is 2.47. The van der Waals surface area contributed by atoms with Gasteiger partial charge in [-0.2, -0.15) is 0 Å². The molecule has 0 aliphatic carbocycles. The van der Waals surface area contributed by atoms with E-state index in [4.69, 9.17) is 4.74 Å². The van der Waals surface area contributed by atoms with Crippen molar-refractivity contribution < 1.29 is 9.53 Å². The predicted molar refractivity (Wildman–Crippen MR) is 98.0 cm³/mol. The largest absolute Gasteiger partial charge is 0.497 e. The number of hydrogen-bond donors (Lipinski definition) is 1. The van der Waals surface area contributed by atoms with E-state index in [-0.39, 0.29) is 5.91 Å². The number of carbonyl (C=O) groups excluding carboxylic acids is 1. The Bertz CT molecular complexity index is 869. The van der Waals surface area contributed by atoms with E-state index in [0.29, 0.717) is 10.7 Å². The lowest BCUT2D eigenvalue weighted by molar-refractivity contribution is 0.102. The SMILES string of the molecule is COc1ccc(C(=O)Nc2nc(-c3ccc(C)cc3C)cs2)cc1. The summed E-state index contributed by atoms with van der Waals surface area (Å²) in [5.74, 6) is 0.539. The lowest BCUT2D eigenvalue weighted by Crippen LogP contribution is -2.11. The van der Waals surface area contributed by atoms with Crippen molar-refractivity contribution in [3.63, 3.8) is 0 Å². The highest BCUT2D eigenvalue weighted by atomic mass is 32.1. The molecule has 0 aliphatic rings. The summed E-state index contributed by atoms with van der Waals surface area (Å²) < 4.78 is 5.10. The number of anilines is 1. The predicted octanol–water partition coefficient (Wildman–Crippen LogP) is 4.69. The van der Waals surface area contributed by atoms with E-state index < -0.39 is 0 Å². The first-order chi connectivity index (χ1) is 11.6. The fraction of sp³-hybridized carbons (Fsp3) is 0.158. The van der Waals surface area contributed by atoms with Crippen LogP contribution in [0.4, 0.5) is 5.13 Å². The smallest absolute Gasteiger partial charge is 0.257 e. The molecule has 5 heteroatoms. The Kier molecular flexibility index (Phi) is 4.62. The number of benzene rings is 2. The van der Waals surface area contributed by atoms with E-state index in [1.165, 1.54) is 22.5 Å². The molecule has 1 N–H and O–H groups in total. The Morgan fingerprint density at radius 2 is 1.88 bits per heavy atom. The number of rotatable bonds is 4.